The Hall–Kier alpha value is -1.43. The summed E-state index contributed by atoms with van der Waals surface area (Å²) in [5, 5.41) is 33.4. The minimum Gasteiger partial charge on any atom is -0.394 e. The molecule has 0 heterocycles. The summed E-state index contributed by atoms with van der Waals surface area (Å²) in [5.41, 5.74) is 0. The molecule has 3 unspecified atom stereocenters. The smallest absolute Gasteiger partial charge is 0.249 e. The molecule has 0 spiro atoms. The Bertz CT molecular complexity index is 1130. The molecule has 432 valence electrons. The van der Waals surface area contributed by atoms with E-state index in [-0.39, 0.29) is 6.61 Å². The molecule has 0 aliphatic carbocycles. The summed E-state index contributed by atoms with van der Waals surface area (Å²) in [4.78, 5) is 12.6. The van der Waals surface area contributed by atoms with Crippen LogP contribution in [0.25, 0.3) is 0 Å². The summed E-state index contributed by atoms with van der Waals surface area (Å²) < 4.78 is 0. The normalized spacial score (nSPS) is 13.3. The van der Waals surface area contributed by atoms with Crippen molar-refractivity contribution in [3.8, 4) is 0 Å². The summed E-state index contributed by atoms with van der Waals surface area (Å²) in [6.07, 6.45) is 84.3. The third kappa shape index (κ3) is 58.1. The Morgan fingerprint density at radius 3 is 0.836 bits per heavy atom. The lowest BCUT2D eigenvalue weighted by Gasteiger charge is -2.21. The van der Waals surface area contributed by atoms with Gasteiger partial charge in [-0.05, 0) is 44.9 Å². The zero-order valence-electron chi connectivity index (χ0n) is 49.5. The number of rotatable bonds is 62. The topological polar surface area (TPSA) is 89.8 Å². The Morgan fingerprint density at radius 2 is 0.562 bits per heavy atom. The van der Waals surface area contributed by atoms with E-state index < -0.39 is 24.2 Å². The zero-order chi connectivity index (χ0) is 52.9. The average Bonchev–Trinajstić information content (AvgIpc) is 3.40. The van der Waals surface area contributed by atoms with Crippen molar-refractivity contribution < 1.29 is 20.1 Å². The highest BCUT2D eigenvalue weighted by Crippen LogP contribution is 2.19. The number of carbonyl (C=O) groups excluding carboxylic acids is 1. The predicted octanol–water partition coefficient (Wildman–Crippen LogP) is 21.3. The van der Waals surface area contributed by atoms with Gasteiger partial charge in [-0.2, -0.15) is 0 Å². The van der Waals surface area contributed by atoms with Gasteiger partial charge in [0, 0.05) is 0 Å². The standard InChI is InChI=1S/C68H131NO4/c1-3-5-7-9-11-13-15-17-19-21-23-25-27-28-29-30-31-32-33-34-35-36-37-38-39-41-43-45-47-49-51-53-55-57-59-61-63-67(72)68(73)69-65(64-70)66(71)62-60-58-56-54-52-50-48-46-44-42-40-26-24-22-20-18-16-14-12-10-8-6-4-2/h44,46,52,54,60,62,65-67,70-72H,3-43,45,47-51,53,55-59,61,63-64H2,1-2H3,(H,69,73)/b46-44+,54-52+,62-60+. The van der Waals surface area contributed by atoms with E-state index >= 15 is 0 Å². The number of aliphatic hydroxyl groups is 3. The minimum absolute atomic E-state index is 0.379. The largest absolute Gasteiger partial charge is 0.394 e. The minimum atomic E-state index is -1.11. The first-order chi connectivity index (χ1) is 36.1. The van der Waals surface area contributed by atoms with Crippen molar-refractivity contribution in [2.24, 2.45) is 0 Å². The van der Waals surface area contributed by atoms with E-state index in [0.29, 0.717) is 6.42 Å². The summed E-state index contributed by atoms with van der Waals surface area (Å²) in [7, 11) is 0. The molecule has 0 fully saturated rings. The molecule has 3 atom stereocenters. The van der Waals surface area contributed by atoms with E-state index in [1.165, 1.54) is 302 Å². The van der Waals surface area contributed by atoms with Crippen LogP contribution in [0, 0.1) is 0 Å². The second kappa shape index (κ2) is 63.1. The first-order valence-electron chi connectivity index (χ1n) is 33.3. The quantitative estimate of drug-likeness (QED) is 0.0361. The highest BCUT2D eigenvalue weighted by molar-refractivity contribution is 5.80. The Morgan fingerprint density at radius 1 is 0.329 bits per heavy atom. The molecule has 4 N–H and O–H groups in total. The van der Waals surface area contributed by atoms with Gasteiger partial charge in [0.15, 0.2) is 0 Å². The van der Waals surface area contributed by atoms with Crippen molar-refractivity contribution in [3.63, 3.8) is 0 Å². The van der Waals surface area contributed by atoms with Crippen molar-refractivity contribution in [2.75, 3.05) is 6.61 Å². The number of carbonyl (C=O) groups is 1. The third-order valence-electron chi connectivity index (χ3n) is 15.7. The molecule has 0 aromatic carbocycles. The molecule has 1 amide bonds. The van der Waals surface area contributed by atoms with E-state index in [0.717, 1.165) is 44.9 Å². The lowest BCUT2D eigenvalue weighted by atomic mass is 10.0. The summed E-state index contributed by atoms with van der Waals surface area (Å²) >= 11 is 0. The highest BCUT2D eigenvalue weighted by atomic mass is 16.3. The van der Waals surface area contributed by atoms with E-state index in [2.05, 4.69) is 43.5 Å². The number of amides is 1. The number of nitrogens with one attached hydrogen (secondary N) is 1. The van der Waals surface area contributed by atoms with Gasteiger partial charge in [0.2, 0.25) is 5.91 Å². The summed E-state index contributed by atoms with van der Waals surface area (Å²) in [6, 6.07) is -0.821. The van der Waals surface area contributed by atoms with Gasteiger partial charge in [-0.1, -0.05) is 359 Å². The molecule has 0 radical (unpaired) electrons. The summed E-state index contributed by atoms with van der Waals surface area (Å²) in [6.45, 7) is 4.21. The van der Waals surface area contributed by atoms with Crippen LogP contribution in [-0.2, 0) is 4.79 Å². The van der Waals surface area contributed by atoms with Gasteiger partial charge < -0.3 is 20.6 Å². The van der Waals surface area contributed by atoms with E-state index in [1.807, 2.05) is 6.08 Å². The molecule has 0 saturated carbocycles. The number of unbranched alkanes of at least 4 members (excludes halogenated alkanes) is 50. The average molecular weight is 1030 g/mol. The van der Waals surface area contributed by atoms with Crippen LogP contribution in [0.3, 0.4) is 0 Å². The van der Waals surface area contributed by atoms with Gasteiger partial charge in [0.25, 0.3) is 0 Å². The van der Waals surface area contributed by atoms with Crippen molar-refractivity contribution in [3.05, 3.63) is 36.5 Å². The SMILES string of the molecule is CCCCCCCCCCCCCCC/C=C/CC/C=C/CC/C=C/C(O)C(CO)NC(=O)C(O)CCCCCCCCCCCCCCCCCCCCCCCCCCCCCCCCCCCCCC. The number of allylic oxidation sites excluding steroid dienone is 5. The van der Waals surface area contributed by atoms with Gasteiger partial charge in [-0.15, -0.1) is 0 Å². The fraction of sp³-hybridized carbons (Fsp3) is 0.897. The van der Waals surface area contributed by atoms with Crippen molar-refractivity contribution in [2.45, 2.75) is 385 Å². The molecule has 0 bridgehead atoms. The van der Waals surface area contributed by atoms with Crippen LogP contribution < -0.4 is 5.32 Å². The Labute approximate surface area is 457 Å². The van der Waals surface area contributed by atoms with Gasteiger partial charge in [0.1, 0.15) is 6.10 Å². The lowest BCUT2D eigenvalue weighted by Crippen LogP contribution is -2.48. The number of hydrogen-bond acceptors (Lipinski definition) is 4. The molecule has 0 aromatic heterocycles. The molecule has 0 aromatic rings. The number of aliphatic hydroxyl groups excluding tert-OH is 3. The van der Waals surface area contributed by atoms with Crippen molar-refractivity contribution in [1.29, 1.82) is 0 Å². The Balaban J connectivity index is 3.51. The van der Waals surface area contributed by atoms with E-state index in [1.54, 1.807) is 6.08 Å². The highest BCUT2D eigenvalue weighted by Gasteiger charge is 2.22. The van der Waals surface area contributed by atoms with Gasteiger partial charge in [-0.3, -0.25) is 4.79 Å². The van der Waals surface area contributed by atoms with Crippen LogP contribution in [-0.4, -0.2) is 46.1 Å². The van der Waals surface area contributed by atoms with Crippen LogP contribution in [0.1, 0.15) is 367 Å². The van der Waals surface area contributed by atoms with Crippen molar-refractivity contribution in [1.82, 2.24) is 5.32 Å². The monoisotopic (exact) mass is 1030 g/mol. The molecule has 0 rings (SSSR count). The second-order valence-corrected chi connectivity index (χ2v) is 23.0. The third-order valence-corrected chi connectivity index (χ3v) is 15.7. The Kier molecular flexibility index (Phi) is 61.9. The lowest BCUT2D eigenvalue weighted by molar-refractivity contribution is -0.131. The fourth-order valence-corrected chi connectivity index (χ4v) is 10.6. The first kappa shape index (κ1) is 71.6. The molecule has 5 nitrogen and oxygen atoms in total. The molecular weight excluding hydrogens is 895 g/mol. The second-order valence-electron chi connectivity index (χ2n) is 23.0. The molecule has 0 saturated heterocycles. The molecule has 0 aliphatic rings. The van der Waals surface area contributed by atoms with Crippen LogP contribution in [0.5, 0.6) is 0 Å². The van der Waals surface area contributed by atoms with Gasteiger partial charge in [-0.25, -0.2) is 0 Å². The van der Waals surface area contributed by atoms with Crippen LogP contribution >= 0.6 is 0 Å². The molecule has 5 heteroatoms. The summed E-state index contributed by atoms with van der Waals surface area (Å²) in [5.74, 6) is -0.510. The first-order valence-corrected chi connectivity index (χ1v) is 33.3. The maximum atomic E-state index is 12.6. The maximum Gasteiger partial charge on any atom is 0.249 e. The van der Waals surface area contributed by atoms with E-state index in [9.17, 15) is 20.1 Å². The van der Waals surface area contributed by atoms with Gasteiger partial charge in [0.05, 0.1) is 18.8 Å². The molecule has 73 heavy (non-hydrogen) atoms. The van der Waals surface area contributed by atoms with Crippen LogP contribution in [0.15, 0.2) is 36.5 Å². The van der Waals surface area contributed by atoms with Gasteiger partial charge >= 0.3 is 0 Å². The van der Waals surface area contributed by atoms with E-state index in [4.69, 9.17) is 0 Å². The molecule has 0 aliphatic heterocycles. The van der Waals surface area contributed by atoms with Crippen LogP contribution in [0.4, 0.5) is 0 Å². The number of hydrogen-bond donors (Lipinski definition) is 4. The molecular formula is C68H131NO4. The van der Waals surface area contributed by atoms with Crippen LogP contribution in [0.2, 0.25) is 0 Å². The maximum absolute atomic E-state index is 12.6. The van der Waals surface area contributed by atoms with Crippen molar-refractivity contribution >= 4 is 5.91 Å². The fourth-order valence-electron chi connectivity index (χ4n) is 10.6. The zero-order valence-corrected chi connectivity index (χ0v) is 49.5. The predicted molar refractivity (Wildman–Crippen MR) is 324 cm³/mol.